The van der Waals surface area contributed by atoms with Gasteiger partial charge in [0, 0.05) is 12.5 Å². The van der Waals surface area contributed by atoms with Gasteiger partial charge in [0.15, 0.2) is 0 Å². The van der Waals surface area contributed by atoms with Gasteiger partial charge in [0.25, 0.3) is 0 Å². The maximum atomic E-state index is 10.3. The Labute approximate surface area is 177 Å². The van der Waals surface area contributed by atoms with Gasteiger partial charge in [-0.25, -0.2) is 0 Å². The van der Waals surface area contributed by atoms with E-state index >= 15 is 0 Å². The van der Waals surface area contributed by atoms with Gasteiger partial charge in [-0.2, -0.15) is 0 Å². The average molecular weight is 400 g/mol. The molecule has 0 unspecified atom stereocenters. The van der Waals surface area contributed by atoms with Crippen molar-refractivity contribution in [2.24, 2.45) is 0 Å². The summed E-state index contributed by atoms with van der Waals surface area (Å²) >= 11 is 0. The van der Waals surface area contributed by atoms with E-state index in [9.17, 15) is 4.79 Å². The molecule has 0 radical (unpaired) electrons. The molecule has 1 N–H and O–H groups in total. The molecule has 3 heteroatoms. The molecular weight excluding hydrogens is 346 g/mol. The van der Waals surface area contributed by atoms with E-state index in [2.05, 4.69) is 39.6 Å². The molecule has 28 heavy (non-hydrogen) atoms. The Morgan fingerprint density at radius 1 is 0.679 bits per heavy atom. The topological polar surface area (TPSA) is 40.5 Å². The highest BCUT2D eigenvalue weighted by Crippen LogP contribution is 2.13. The van der Waals surface area contributed by atoms with E-state index in [1.807, 2.05) is 0 Å². The van der Waals surface area contributed by atoms with Gasteiger partial charge >= 0.3 is 5.97 Å². The minimum atomic E-state index is -0.653. The number of hydrogen-bond donors (Lipinski definition) is 1. The highest BCUT2D eigenvalue weighted by atomic mass is 16.4. The Balaban J connectivity index is 0. The summed E-state index contributed by atoms with van der Waals surface area (Å²) < 4.78 is 0. The number of carboxylic acids is 1. The van der Waals surface area contributed by atoms with Crippen LogP contribution in [0.25, 0.3) is 0 Å². The molecule has 0 rings (SSSR count). The minimum absolute atomic E-state index is 0.345. The number of carboxylic acid groups (broad SMARTS) is 1. The molecule has 3 nitrogen and oxygen atoms in total. The van der Waals surface area contributed by atoms with Crippen LogP contribution in [0.3, 0.4) is 0 Å². The van der Waals surface area contributed by atoms with Crippen molar-refractivity contribution in [2.75, 3.05) is 13.6 Å². The van der Waals surface area contributed by atoms with Gasteiger partial charge in [-0.3, -0.25) is 4.79 Å². The summed E-state index contributed by atoms with van der Waals surface area (Å²) in [5.74, 6) is -0.653. The van der Waals surface area contributed by atoms with E-state index < -0.39 is 5.97 Å². The van der Waals surface area contributed by atoms with E-state index in [4.69, 9.17) is 5.11 Å². The highest BCUT2D eigenvalue weighted by molar-refractivity contribution is 5.66. The molecule has 0 aliphatic heterocycles. The lowest BCUT2D eigenvalue weighted by Crippen LogP contribution is -2.26. The summed E-state index contributed by atoms with van der Waals surface area (Å²) in [4.78, 5) is 12.7. The summed E-state index contributed by atoms with van der Waals surface area (Å²) in [7, 11) is 2.16. The van der Waals surface area contributed by atoms with Gasteiger partial charge in [0.2, 0.25) is 0 Å². The van der Waals surface area contributed by atoms with E-state index in [1.54, 1.807) is 0 Å². The van der Waals surface area contributed by atoms with Crippen molar-refractivity contribution >= 4 is 5.97 Å². The zero-order chi connectivity index (χ0) is 21.5. The second kappa shape index (κ2) is 24.5. The zero-order valence-electron chi connectivity index (χ0n) is 20.1. The second-order valence-electron chi connectivity index (χ2n) is 8.67. The lowest BCUT2D eigenvalue weighted by atomic mass is 10.0. The Kier molecular flexibility index (Phi) is 25.9. The van der Waals surface area contributed by atoms with Crippen molar-refractivity contribution in [2.45, 2.75) is 143 Å². The molecule has 170 valence electrons. The standard InChI is InChI=1S/C18H36O2.C7H17N/c1-2-3-4-5-6-7-8-9-10-11-12-13-14-15-16-17-18(19)20;1-5-6-8(4)7(2)3/h2-17H2,1H3,(H,19,20);7H,5-6H2,1-4H3. The zero-order valence-corrected chi connectivity index (χ0v) is 20.1. The van der Waals surface area contributed by atoms with Crippen LogP contribution in [-0.2, 0) is 4.79 Å². The van der Waals surface area contributed by atoms with Crippen LogP contribution in [-0.4, -0.2) is 35.6 Å². The van der Waals surface area contributed by atoms with Crippen LogP contribution in [0.4, 0.5) is 0 Å². The molecule has 0 bridgehead atoms. The van der Waals surface area contributed by atoms with Crippen LogP contribution < -0.4 is 0 Å². The Morgan fingerprint density at radius 2 is 1.04 bits per heavy atom. The molecule has 0 heterocycles. The maximum Gasteiger partial charge on any atom is 0.303 e. The summed E-state index contributed by atoms with van der Waals surface area (Å²) in [6, 6.07) is 0.704. The summed E-state index contributed by atoms with van der Waals surface area (Å²) in [5.41, 5.74) is 0. The summed E-state index contributed by atoms with van der Waals surface area (Å²) in [5, 5.41) is 8.52. The van der Waals surface area contributed by atoms with Gasteiger partial charge in [-0.05, 0) is 40.3 Å². The largest absolute Gasteiger partial charge is 0.481 e. The fourth-order valence-corrected chi connectivity index (χ4v) is 3.26. The van der Waals surface area contributed by atoms with Gasteiger partial charge in [-0.1, -0.05) is 104 Å². The van der Waals surface area contributed by atoms with Crippen molar-refractivity contribution < 1.29 is 9.90 Å². The van der Waals surface area contributed by atoms with Crippen LogP contribution in [0.15, 0.2) is 0 Å². The third-order valence-corrected chi connectivity index (χ3v) is 5.45. The third-order valence-electron chi connectivity index (χ3n) is 5.45. The number of rotatable bonds is 19. The van der Waals surface area contributed by atoms with Crippen molar-refractivity contribution in [1.29, 1.82) is 0 Å². The van der Waals surface area contributed by atoms with Gasteiger partial charge in [0.1, 0.15) is 0 Å². The predicted molar refractivity (Wildman–Crippen MR) is 125 cm³/mol. The van der Waals surface area contributed by atoms with Crippen LogP contribution in [0.1, 0.15) is 137 Å². The fraction of sp³-hybridized carbons (Fsp3) is 0.960. The van der Waals surface area contributed by atoms with Crippen molar-refractivity contribution in [3.05, 3.63) is 0 Å². The number of carbonyl (C=O) groups is 1. The molecule has 0 amide bonds. The van der Waals surface area contributed by atoms with Crippen LogP contribution in [0, 0.1) is 0 Å². The van der Waals surface area contributed by atoms with Crippen LogP contribution >= 0.6 is 0 Å². The fourth-order valence-electron chi connectivity index (χ4n) is 3.26. The third kappa shape index (κ3) is 27.6. The lowest BCUT2D eigenvalue weighted by molar-refractivity contribution is -0.137. The molecule has 0 spiro atoms. The SMILES string of the molecule is CCCCCCCCCCCCCCCCCC(=O)O.CCCN(C)C(C)C. The Bertz CT molecular complexity index is 305. The summed E-state index contributed by atoms with van der Waals surface area (Å²) in [6.07, 6.45) is 21.5. The smallest absolute Gasteiger partial charge is 0.303 e. The molecular formula is C25H53NO2. The lowest BCUT2D eigenvalue weighted by Gasteiger charge is -2.19. The quantitative estimate of drug-likeness (QED) is 0.223. The molecule has 0 fully saturated rings. The Hall–Kier alpha value is -0.570. The van der Waals surface area contributed by atoms with Gasteiger partial charge in [-0.15, -0.1) is 0 Å². The predicted octanol–water partition coefficient (Wildman–Crippen LogP) is 8.07. The van der Waals surface area contributed by atoms with Crippen molar-refractivity contribution in [1.82, 2.24) is 4.90 Å². The van der Waals surface area contributed by atoms with E-state index in [1.165, 1.54) is 96.4 Å². The van der Waals surface area contributed by atoms with Crippen molar-refractivity contribution in [3.63, 3.8) is 0 Å². The van der Waals surface area contributed by atoms with E-state index in [0.717, 1.165) is 12.8 Å². The molecule has 0 aromatic heterocycles. The molecule has 0 aromatic rings. The molecule has 0 aliphatic carbocycles. The number of nitrogens with zero attached hydrogens (tertiary/aromatic N) is 1. The van der Waals surface area contributed by atoms with E-state index in [-0.39, 0.29) is 0 Å². The first-order chi connectivity index (χ1) is 13.5. The van der Waals surface area contributed by atoms with Crippen LogP contribution in [0.5, 0.6) is 0 Å². The van der Waals surface area contributed by atoms with Gasteiger partial charge in [0.05, 0.1) is 0 Å². The van der Waals surface area contributed by atoms with Gasteiger partial charge < -0.3 is 10.0 Å². The molecule has 0 saturated carbocycles. The molecule has 0 saturated heterocycles. The second-order valence-corrected chi connectivity index (χ2v) is 8.67. The van der Waals surface area contributed by atoms with E-state index in [0.29, 0.717) is 12.5 Å². The maximum absolute atomic E-state index is 10.3. The number of hydrogen-bond acceptors (Lipinski definition) is 2. The van der Waals surface area contributed by atoms with Crippen LogP contribution in [0.2, 0.25) is 0 Å². The Morgan fingerprint density at radius 3 is 1.29 bits per heavy atom. The molecule has 0 aliphatic rings. The average Bonchev–Trinajstić information content (AvgIpc) is 2.65. The summed E-state index contributed by atoms with van der Waals surface area (Å²) in [6.45, 7) is 10.1. The molecule has 0 atom stereocenters. The highest BCUT2D eigenvalue weighted by Gasteiger charge is 1.98. The van der Waals surface area contributed by atoms with Crippen molar-refractivity contribution in [3.8, 4) is 0 Å². The first kappa shape index (κ1) is 29.6. The first-order valence-electron chi connectivity index (χ1n) is 12.4. The number of aliphatic carboxylic acids is 1. The minimum Gasteiger partial charge on any atom is -0.481 e. The first-order valence-corrected chi connectivity index (χ1v) is 12.4. The monoisotopic (exact) mass is 399 g/mol. The normalized spacial score (nSPS) is 11.0. The number of unbranched alkanes of at least 4 members (excludes halogenated alkanes) is 14. The molecule has 0 aromatic carbocycles.